The normalized spacial score (nSPS) is 30.1. The Morgan fingerprint density at radius 3 is 2.57 bits per heavy atom. The molecule has 2 aliphatic heterocycles. The van der Waals surface area contributed by atoms with Gasteiger partial charge in [-0.2, -0.15) is 0 Å². The van der Waals surface area contributed by atoms with Crippen molar-refractivity contribution in [2.45, 2.75) is 50.7 Å². The molecule has 1 amide bonds. The van der Waals surface area contributed by atoms with Crippen molar-refractivity contribution in [1.29, 1.82) is 0 Å². The van der Waals surface area contributed by atoms with Gasteiger partial charge in [0.25, 0.3) is 5.91 Å². The SMILES string of the molecule is Cc1ccc(OC(C)(C)C(=O)N[C@H]2CO[C@H]3[C@@H]2OC[C@H]3O)cc1. The number of aliphatic hydroxyl groups excluding tert-OH is 1. The largest absolute Gasteiger partial charge is 0.478 e. The molecule has 1 aromatic carbocycles. The van der Waals surface area contributed by atoms with Gasteiger partial charge in [0, 0.05) is 0 Å². The molecule has 0 spiro atoms. The third-order valence-electron chi connectivity index (χ3n) is 4.28. The van der Waals surface area contributed by atoms with Crippen molar-refractivity contribution >= 4 is 5.91 Å². The Morgan fingerprint density at radius 2 is 1.87 bits per heavy atom. The minimum absolute atomic E-state index is 0.239. The molecule has 2 heterocycles. The van der Waals surface area contributed by atoms with E-state index in [2.05, 4.69) is 5.32 Å². The van der Waals surface area contributed by atoms with Gasteiger partial charge in [-0.25, -0.2) is 0 Å². The number of fused-ring (bicyclic) bond motifs is 1. The first-order valence-corrected chi connectivity index (χ1v) is 7.85. The highest BCUT2D eigenvalue weighted by Gasteiger charge is 2.48. The molecular formula is C17H23NO5. The Balaban J connectivity index is 1.61. The van der Waals surface area contributed by atoms with E-state index in [9.17, 15) is 9.90 Å². The van der Waals surface area contributed by atoms with Crippen molar-refractivity contribution < 1.29 is 24.1 Å². The van der Waals surface area contributed by atoms with Crippen LogP contribution in [-0.2, 0) is 14.3 Å². The van der Waals surface area contributed by atoms with E-state index in [4.69, 9.17) is 14.2 Å². The first-order valence-electron chi connectivity index (χ1n) is 7.85. The van der Waals surface area contributed by atoms with Gasteiger partial charge in [0.2, 0.25) is 0 Å². The van der Waals surface area contributed by atoms with E-state index in [1.54, 1.807) is 13.8 Å². The third-order valence-corrected chi connectivity index (χ3v) is 4.28. The number of rotatable bonds is 4. The van der Waals surface area contributed by atoms with Crippen LogP contribution in [0.25, 0.3) is 0 Å². The van der Waals surface area contributed by atoms with Crippen molar-refractivity contribution in [2.75, 3.05) is 13.2 Å². The van der Waals surface area contributed by atoms with Gasteiger partial charge in [-0.15, -0.1) is 0 Å². The predicted molar refractivity (Wildman–Crippen MR) is 83.3 cm³/mol. The van der Waals surface area contributed by atoms with Gasteiger partial charge < -0.3 is 24.6 Å². The molecule has 0 saturated carbocycles. The first kappa shape index (κ1) is 16.2. The average molecular weight is 321 g/mol. The van der Waals surface area contributed by atoms with E-state index >= 15 is 0 Å². The second kappa shape index (κ2) is 6.11. The Hall–Kier alpha value is -1.63. The highest BCUT2D eigenvalue weighted by atomic mass is 16.6. The van der Waals surface area contributed by atoms with E-state index in [0.29, 0.717) is 12.4 Å². The minimum atomic E-state index is -1.02. The Bertz CT molecular complexity index is 571. The summed E-state index contributed by atoms with van der Waals surface area (Å²) in [6.07, 6.45) is -1.29. The number of ether oxygens (including phenoxy) is 3. The Labute approximate surface area is 135 Å². The number of benzene rings is 1. The lowest BCUT2D eigenvalue weighted by Crippen LogP contribution is -2.53. The van der Waals surface area contributed by atoms with Crippen LogP contribution in [0.5, 0.6) is 5.75 Å². The van der Waals surface area contributed by atoms with E-state index in [1.165, 1.54) is 0 Å². The van der Waals surface area contributed by atoms with E-state index in [0.717, 1.165) is 5.56 Å². The molecule has 6 heteroatoms. The van der Waals surface area contributed by atoms with Crippen LogP contribution in [0.2, 0.25) is 0 Å². The van der Waals surface area contributed by atoms with E-state index in [1.807, 2.05) is 31.2 Å². The molecular weight excluding hydrogens is 298 g/mol. The van der Waals surface area contributed by atoms with Crippen molar-refractivity contribution in [3.05, 3.63) is 29.8 Å². The second-order valence-corrected chi connectivity index (χ2v) is 6.67. The van der Waals surface area contributed by atoms with Gasteiger partial charge in [-0.05, 0) is 32.9 Å². The molecule has 0 radical (unpaired) electrons. The monoisotopic (exact) mass is 321 g/mol. The van der Waals surface area contributed by atoms with Gasteiger partial charge >= 0.3 is 0 Å². The zero-order valence-electron chi connectivity index (χ0n) is 13.6. The van der Waals surface area contributed by atoms with Crippen LogP contribution >= 0.6 is 0 Å². The molecule has 3 rings (SSSR count). The fraction of sp³-hybridized carbons (Fsp3) is 0.588. The molecule has 23 heavy (non-hydrogen) atoms. The summed E-state index contributed by atoms with van der Waals surface area (Å²) in [5.41, 5.74) is 0.107. The van der Waals surface area contributed by atoms with Crippen LogP contribution in [0, 0.1) is 6.92 Å². The van der Waals surface area contributed by atoms with Crippen molar-refractivity contribution in [2.24, 2.45) is 0 Å². The third kappa shape index (κ3) is 3.34. The van der Waals surface area contributed by atoms with E-state index in [-0.39, 0.29) is 30.8 Å². The molecule has 2 fully saturated rings. The fourth-order valence-electron chi connectivity index (χ4n) is 2.89. The van der Waals surface area contributed by atoms with Crippen LogP contribution in [0.4, 0.5) is 0 Å². The molecule has 1 aromatic rings. The molecule has 0 aliphatic carbocycles. The van der Waals surface area contributed by atoms with Gasteiger partial charge in [0.1, 0.15) is 24.1 Å². The van der Waals surface area contributed by atoms with Crippen LogP contribution in [0.1, 0.15) is 19.4 Å². The summed E-state index contributed by atoms with van der Waals surface area (Å²) in [5, 5.41) is 12.7. The van der Waals surface area contributed by atoms with Crippen LogP contribution in [0.15, 0.2) is 24.3 Å². The quantitative estimate of drug-likeness (QED) is 0.858. The molecule has 6 nitrogen and oxygen atoms in total. The maximum Gasteiger partial charge on any atom is 0.263 e. The van der Waals surface area contributed by atoms with Crippen molar-refractivity contribution in [3.63, 3.8) is 0 Å². The molecule has 126 valence electrons. The summed E-state index contributed by atoms with van der Waals surface area (Å²) in [6, 6.07) is 7.29. The lowest BCUT2D eigenvalue weighted by atomic mass is 10.0. The van der Waals surface area contributed by atoms with Crippen LogP contribution in [0.3, 0.4) is 0 Å². The van der Waals surface area contributed by atoms with E-state index < -0.39 is 11.7 Å². The second-order valence-electron chi connectivity index (χ2n) is 6.67. The van der Waals surface area contributed by atoms with Crippen molar-refractivity contribution in [3.8, 4) is 5.75 Å². The zero-order chi connectivity index (χ0) is 16.6. The number of hydrogen-bond donors (Lipinski definition) is 2. The number of aryl methyl sites for hydroxylation is 1. The highest BCUT2D eigenvalue weighted by molar-refractivity contribution is 5.85. The van der Waals surface area contributed by atoms with Gasteiger partial charge in [-0.3, -0.25) is 4.79 Å². The average Bonchev–Trinajstić information content (AvgIpc) is 3.06. The molecule has 2 aliphatic rings. The van der Waals surface area contributed by atoms with Crippen LogP contribution in [-0.4, -0.2) is 54.2 Å². The summed E-state index contributed by atoms with van der Waals surface area (Å²) >= 11 is 0. The predicted octanol–water partition coefficient (Wildman–Crippen LogP) is 0.796. The lowest BCUT2D eigenvalue weighted by Gasteiger charge is -2.28. The van der Waals surface area contributed by atoms with Gasteiger partial charge in [-0.1, -0.05) is 17.7 Å². The molecule has 0 bridgehead atoms. The summed E-state index contributed by atoms with van der Waals surface area (Å²) in [5.74, 6) is 0.404. The number of aliphatic hydroxyl groups is 1. The number of carbonyl (C=O) groups is 1. The van der Waals surface area contributed by atoms with Crippen LogP contribution < -0.4 is 10.1 Å². The number of hydrogen-bond acceptors (Lipinski definition) is 5. The number of nitrogens with one attached hydrogen (secondary N) is 1. The summed E-state index contributed by atoms with van der Waals surface area (Å²) in [4.78, 5) is 12.6. The smallest absolute Gasteiger partial charge is 0.263 e. The molecule has 0 aromatic heterocycles. The summed E-state index contributed by atoms with van der Waals surface area (Å²) in [6.45, 7) is 6.01. The lowest BCUT2D eigenvalue weighted by molar-refractivity contribution is -0.135. The molecule has 0 unspecified atom stereocenters. The minimum Gasteiger partial charge on any atom is -0.478 e. The van der Waals surface area contributed by atoms with Gasteiger partial charge in [0.05, 0.1) is 19.3 Å². The molecule has 2 saturated heterocycles. The zero-order valence-corrected chi connectivity index (χ0v) is 13.6. The number of carbonyl (C=O) groups excluding carboxylic acids is 1. The topological polar surface area (TPSA) is 77.0 Å². The summed E-state index contributed by atoms with van der Waals surface area (Å²) in [7, 11) is 0. The standard InChI is InChI=1S/C17H23NO5/c1-10-4-6-11(7-5-10)23-17(2,3)16(20)18-12-8-21-15-13(19)9-22-14(12)15/h4-7,12-15,19H,8-9H2,1-3H3,(H,18,20)/t12-,13+,14+,15+/m0/s1. The summed E-state index contributed by atoms with van der Waals surface area (Å²) < 4.78 is 16.9. The molecule has 4 atom stereocenters. The Kier molecular flexibility index (Phi) is 4.31. The Morgan fingerprint density at radius 1 is 1.22 bits per heavy atom. The maximum absolute atomic E-state index is 12.6. The van der Waals surface area contributed by atoms with Crippen molar-refractivity contribution in [1.82, 2.24) is 5.32 Å². The number of amides is 1. The maximum atomic E-state index is 12.6. The fourth-order valence-corrected chi connectivity index (χ4v) is 2.89. The first-order chi connectivity index (χ1) is 10.9. The molecule has 2 N–H and O–H groups in total. The van der Waals surface area contributed by atoms with Gasteiger partial charge in [0.15, 0.2) is 5.60 Å². The highest BCUT2D eigenvalue weighted by Crippen LogP contribution is 2.27.